The van der Waals surface area contributed by atoms with Crippen LogP contribution in [0.15, 0.2) is 18.2 Å². The molecule has 1 saturated carbocycles. The van der Waals surface area contributed by atoms with Crippen molar-refractivity contribution in [3.05, 3.63) is 35.4 Å². The SMILES string of the molecule is CC1CC1CN(C)c1c(F)cc(C=CC(=O)O)cc1F. The first-order valence-electron chi connectivity index (χ1n) is 6.49. The molecular weight excluding hydrogens is 264 g/mol. The predicted octanol–water partition coefficient (Wildman–Crippen LogP) is 3.15. The third-order valence-corrected chi connectivity index (χ3v) is 3.62. The largest absolute Gasteiger partial charge is 0.478 e. The highest BCUT2D eigenvalue weighted by molar-refractivity contribution is 5.85. The number of rotatable bonds is 5. The molecule has 0 heterocycles. The second-order valence-corrected chi connectivity index (χ2v) is 5.36. The van der Waals surface area contributed by atoms with Gasteiger partial charge in [0, 0.05) is 19.7 Å². The first-order chi connectivity index (χ1) is 9.38. The van der Waals surface area contributed by atoms with Crippen molar-refractivity contribution in [1.29, 1.82) is 0 Å². The van der Waals surface area contributed by atoms with Crippen molar-refractivity contribution in [2.24, 2.45) is 11.8 Å². The average Bonchev–Trinajstić information content (AvgIpc) is 3.01. The minimum atomic E-state index is -1.16. The Morgan fingerprint density at radius 3 is 2.45 bits per heavy atom. The Bertz CT molecular complexity index is 534. The summed E-state index contributed by atoms with van der Waals surface area (Å²) in [6.07, 6.45) is 3.11. The van der Waals surface area contributed by atoms with E-state index in [1.165, 1.54) is 6.08 Å². The van der Waals surface area contributed by atoms with Gasteiger partial charge in [0.15, 0.2) is 0 Å². The number of halogens is 2. The van der Waals surface area contributed by atoms with Crippen LogP contribution >= 0.6 is 0 Å². The number of nitrogens with zero attached hydrogens (tertiary/aromatic N) is 1. The van der Waals surface area contributed by atoms with Crippen LogP contribution in [-0.4, -0.2) is 24.7 Å². The van der Waals surface area contributed by atoms with Gasteiger partial charge in [-0.15, -0.1) is 0 Å². The summed E-state index contributed by atoms with van der Waals surface area (Å²) in [5, 5.41) is 8.50. The van der Waals surface area contributed by atoms with Crippen molar-refractivity contribution < 1.29 is 18.7 Å². The molecule has 0 amide bonds. The number of carboxylic acid groups (broad SMARTS) is 1. The van der Waals surface area contributed by atoms with Crippen LogP contribution in [-0.2, 0) is 4.79 Å². The van der Waals surface area contributed by atoms with Gasteiger partial charge >= 0.3 is 5.97 Å². The van der Waals surface area contributed by atoms with E-state index in [4.69, 9.17) is 5.11 Å². The van der Waals surface area contributed by atoms with E-state index in [-0.39, 0.29) is 11.3 Å². The first-order valence-corrected chi connectivity index (χ1v) is 6.49. The van der Waals surface area contributed by atoms with Gasteiger partial charge in [-0.3, -0.25) is 0 Å². The van der Waals surface area contributed by atoms with E-state index in [0.717, 1.165) is 24.6 Å². The van der Waals surface area contributed by atoms with Crippen LogP contribution in [0.1, 0.15) is 18.9 Å². The molecular formula is C15H17F2NO2. The van der Waals surface area contributed by atoms with Gasteiger partial charge in [-0.2, -0.15) is 0 Å². The Kier molecular flexibility index (Phi) is 4.06. The molecule has 20 heavy (non-hydrogen) atoms. The van der Waals surface area contributed by atoms with Gasteiger partial charge in [0.05, 0.1) is 0 Å². The van der Waals surface area contributed by atoms with E-state index < -0.39 is 17.6 Å². The molecule has 1 aliphatic rings. The lowest BCUT2D eigenvalue weighted by Crippen LogP contribution is -2.23. The van der Waals surface area contributed by atoms with Crippen LogP contribution < -0.4 is 4.90 Å². The summed E-state index contributed by atoms with van der Waals surface area (Å²) < 4.78 is 28.0. The molecule has 1 N–H and O–H groups in total. The molecule has 0 radical (unpaired) electrons. The molecule has 0 aromatic heterocycles. The van der Waals surface area contributed by atoms with Crippen molar-refractivity contribution in [1.82, 2.24) is 0 Å². The summed E-state index contributed by atoms with van der Waals surface area (Å²) in [5.74, 6) is -1.40. The number of anilines is 1. The summed E-state index contributed by atoms with van der Waals surface area (Å²) in [4.78, 5) is 12.0. The van der Waals surface area contributed by atoms with E-state index >= 15 is 0 Å². The monoisotopic (exact) mass is 281 g/mol. The van der Waals surface area contributed by atoms with Gasteiger partial charge in [-0.1, -0.05) is 6.92 Å². The molecule has 0 spiro atoms. The Morgan fingerprint density at radius 2 is 2.00 bits per heavy atom. The van der Waals surface area contributed by atoms with E-state index in [1.807, 2.05) is 0 Å². The molecule has 1 fully saturated rings. The Morgan fingerprint density at radius 1 is 1.45 bits per heavy atom. The molecule has 108 valence electrons. The smallest absolute Gasteiger partial charge is 0.328 e. The van der Waals surface area contributed by atoms with Crippen molar-refractivity contribution in [2.75, 3.05) is 18.5 Å². The fraction of sp³-hybridized carbons (Fsp3) is 0.400. The van der Waals surface area contributed by atoms with Crippen molar-refractivity contribution in [3.63, 3.8) is 0 Å². The van der Waals surface area contributed by atoms with Gasteiger partial charge in [0.25, 0.3) is 0 Å². The van der Waals surface area contributed by atoms with Crippen molar-refractivity contribution in [2.45, 2.75) is 13.3 Å². The lowest BCUT2D eigenvalue weighted by molar-refractivity contribution is -0.131. The Hall–Kier alpha value is -1.91. The van der Waals surface area contributed by atoms with Crippen LogP contribution in [0, 0.1) is 23.5 Å². The maximum Gasteiger partial charge on any atom is 0.328 e. The van der Waals surface area contributed by atoms with E-state index in [1.54, 1.807) is 11.9 Å². The fourth-order valence-electron chi connectivity index (χ4n) is 2.31. The van der Waals surface area contributed by atoms with Crippen LogP contribution in [0.25, 0.3) is 6.08 Å². The van der Waals surface area contributed by atoms with Gasteiger partial charge < -0.3 is 10.0 Å². The number of aliphatic carboxylic acids is 1. The quantitative estimate of drug-likeness (QED) is 0.843. The summed E-state index contributed by atoms with van der Waals surface area (Å²) in [7, 11) is 1.67. The molecule has 5 heteroatoms. The molecule has 0 bridgehead atoms. The summed E-state index contributed by atoms with van der Waals surface area (Å²) >= 11 is 0. The fourth-order valence-corrected chi connectivity index (χ4v) is 2.31. The van der Waals surface area contributed by atoms with Crippen molar-refractivity contribution in [3.8, 4) is 0 Å². The second kappa shape index (κ2) is 5.61. The first kappa shape index (κ1) is 14.5. The normalized spacial score (nSPS) is 21.2. The molecule has 1 aliphatic carbocycles. The Labute approximate surface area is 116 Å². The van der Waals surface area contributed by atoms with Crippen LogP contribution in [0.5, 0.6) is 0 Å². The third-order valence-electron chi connectivity index (χ3n) is 3.62. The highest BCUT2D eigenvalue weighted by Crippen LogP contribution is 2.39. The van der Waals surface area contributed by atoms with Gasteiger partial charge in [0.1, 0.15) is 17.3 Å². The molecule has 0 saturated heterocycles. The van der Waals surface area contributed by atoms with Gasteiger partial charge in [-0.25, -0.2) is 13.6 Å². The van der Waals surface area contributed by atoms with Gasteiger partial charge in [0.2, 0.25) is 0 Å². The number of hydrogen-bond acceptors (Lipinski definition) is 2. The molecule has 2 atom stereocenters. The summed E-state index contributed by atoms with van der Waals surface area (Å²) in [5.41, 5.74) is 0.135. The Balaban J connectivity index is 2.19. The van der Waals surface area contributed by atoms with E-state index in [9.17, 15) is 13.6 Å². The highest BCUT2D eigenvalue weighted by Gasteiger charge is 2.34. The van der Waals surface area contributed by atoms with Crippen molar-refractivity contribution >= 4 is 17.7 Å². The van der Waals surface area contributed by atoms with Crippen LogP contribution in [0.4, 0.5) is 14.5 Å². The lowest BCUT2D eigenvalue weighted by Gasteiger charge is -2.21. The summed E-state index contributed by atoms with van der Waals surface area (Å²) in [6.45, 7) is 2.74. The van der Waals surface area contributed by atoms with Crippen LogP contribution in [0.2, 0.25) is 0 Å². The number of hydrogen-bond donors (Lipinski definition) is 1. The zero-order chi connectivity index (χ0) is 14.9. The standard InChI is InChI=1S/C15H17F2NO2/c1-9-5-11(9)8-18(2)15-12(16)6-10(7-13(15)17)3-4-14(19)20/h3-4,6-7,9,11H,5,8H2,1-2H3,(H,19,20). The minimum Gasteiger partial charge on any atom is -0.478 e. The highest BCUT2D eigenvalue weighted by atomic mass is 19.1. The zero-order valence-electron chi connectivity index (χ0n) is 11.4. The average molecular weight is 281 g/mol. The third kappa shape index (κ3) is 3.35. The summed E-state index contributed by atoms with van der Waals surface area (Å²) in [6, 6.07) is 2.29. The molecule has 1 aromatic rings. The molecule has 3 nitrogen and oxygen atoms in total. The van der Waals surface area contributed by atoms with Crippen LogP contribution in [0.3, 0.4) is 0 Å². The second-order valence-electron chi connectivity index (χ2n) is 5.36. The topological polar surface area (TPSA) is 40.5 Å². The number of carboxylic acids is 1. The van der Waals surface area contributed by atoms with Gasteiger partial charge in [-0.05, 0) is 42.0 Å². The van der Waals surface area contributed by atoms with E-state index in [2.05, 4.69) is 6.92 Å². The number of carbonyl (C=O) groups is 1. The molecule has 0 aliphatic heterocycles. The maximum atomic E-state index is 14.0. The lowest BCUT2D eigenvalue weighted by atomic mass is 10.1. The number of benzene rings is 1. The van der Waals surface area contributed by atoms with E-state index in [0.29, 0.717) is 18.4 Å². The molecule has 1 aromatic carbocycles. The predicted molar refractivity (Wildman–Crippen MR) is 73.6 cm³/mol. The molecule has 2 unspecified atom stereocenters. The minimum absolute atomic E-state index is 0.0587. The molecule has 2 rings (SSSR count). The zero-order valence-corrected chi connectivity index (χ0v) is 11.4. The maximum absolute atomic E-state index is 14.0.